The quantitative estimate of drug-likeness (QED) is 0.908. The highest BCUT2D eigenvalue weighted by atomic mass is 16.5. The molecule has 0 aromatic heterocycles. The minimum Gasteiger partial charge on any atom is -0.504 e. The third kappa shape index (κ3) is 2.78. The highest BCUT2D eigenvalue weighted by molar-refractivity contribution is 6.10. The lowest BCUT2D eigenvalue weighted by Gasteiger charge is -2.26. The van der Waals surface area contributed by atoms with E-state index in [0.29, 0.717) is 12.1 Å². The number of nitrogens with one attached hydrogen (secondary N) is 1. The zero-order chi connectivity index (χ0) is 17.3. The largest absolute Gasteiger partial charge is 0.504 e. The number of aromatic hydroxyl groups is 1. The maximum absolute atomic E-state index is 13.0. The van der Waals surface area contributed by atoms with Gasteiger partial charge in [-0.1, -0.05) is 30.3 Å². The van der Waals surface area contributed by atoms with E-state index in [0.717, 1.165) is 5.56 Å². The highest BCUT2D eigenvalue weighted by Gasteiger charge is 2.33. The van der Waals surface area contributed by atoms with Crippen LogP contribution >= 0.6 is 0 Å². The summed E-state index contributed by atoms with van der Waals surface area (Å²) in [5.74, 6) is -0.542. The molecule has 0 fully saturated rings. The molecule has 2 N–H and O–H groups in total. The van der Waals surface area contributed by atoms with Crippen molar-refractivity contribution in [3.8, 4) is 11.5 Å². The lowest BCUT2D eigenvalue weighted by atomic mass is 10.1. The van der Waals surface area contributed by atoms with Crippen LogP contribution in [0.2, 0.25) is 0 Å². The predicted octanol–water partition coefficient (Wildman–Crippen LogP) is 2.38. The SMILES string of the molecule is COc1cc2c(cc1O)NC(=O)[C@H](C)N(Cc1ccccc1)C2=O. The lowest BCUT2D eigenvalue weighted by Crippen LogP contribution is -2.42. The predicted molar refractivity (Wildman–Crippen MR) is 89.1 cm³/mol. The van der Waals surface area contributed by atoms with Crippen LogP contribution in [0.15, 0.2) is 42.5 Å². The number of ether oxygens (including phenoxy) is 1. The van der Waals surface area contributed by atoms with E-state index in [1.54, 1.807) is 6.92 Å². The average Bonchev–Trinajstić information content (AvgIpc) is 2.66. The molecule has 0 saturated heterocycles. The summed E-state index contributed by atoms with van der Waals surface area (Å²) in [7, 11) is 1.41. The molecule has 1 heterocycles. The van der Waals surface area contributed by atoms with Crippen LogP contribution in [0.25, 0.3) is 0 Å². The Kier molecular flexibility index (Phi) is 4.12. The smallest absolute Gasteiger partial charge is 0.257 e. The van der Waals surface area contributed by atoms with Gasteiger partial charge in [0.25, 0.3) is 5.91 Å². The fraction of sp³-hybridized carbons (Fsp3) is 0.222. The normalized spacial score (nSPS) is 17.1. The number of fused-ring (bicyclic) bond motifs is 1. The molecule has 2 aromatic rings. The number of phenols is 1. The fourth-order valence-electron chi connectivity index (χ4n) is 2.71. The zero-order valence-electron chi connectivity index (χ0n) is 13.4. The summed E-state index contributed by atoms with van der Waals surface area (Å²) in [4.78, 5) is 26.9. The van der Waals surface area contributed by atoms with E-state index in [9.17, 15) is 14.7 Å². The molecule has 0 saturated carbocycles. The Morgan fingerprint density at radius 1 is 1.21 bits per heavy atom. The molecule has 24 heavy (non-hydrogen) atoms. The summed E-state index contributed by atoms with van der Waals surface area (Å²) in [5, 5.41) is 12.6. The number of methoxy groups -OCH3 is 1. The second-order valence-corrected chi connectivity index (χ2v) is 5.65. The Hall–Kier alpha value is -3.02. The number of phenolic OH excluding ortho intramolecular Hbond substituents is 1. The summed E-state index contributed by atoms with van der Waals surface area (Å²) >= 11 is 0. The number of nitrogens with zero attached hydrogens (tertiary/aromatic N) is 1. The molecular formula is C18H18N2O4. The minimum absolute atomic E-state index is 0.131. The van der Waals surface area contributed by atoms with Gasteiger partial charge in [-0.05, 0) is 18.6 Å². The zero-order valence-corrected chi connectivity index (χ0v) is 13.4. The summed E-state index contributed by atoms with van der Waals surface area (Å²) < 4.78 is 5.07. The first-order chi connectivity index (χ1) is 11.5. The Bertz CT molecular complexity index is 789. The standard InChI is InChI=1S/C18H18N2O4/c1-11-17(22)19-14-9-15(21)16(24-2)8-13(14)18(23)20(11)10-12-6-4-3-5-7-12/h3-9,11,21H,10H2,1-2H3,(H,19,22)/t11-/m0/s1. The van der Waals surface area contributed by atoms with Gasteiger partial charge in [0.1, 0.15) is 6.04 Å². The van der Waals surface area contributed by atoms with Crippen molar-refractivity contribution in [2.45, 2.75) is 19.5 Å². The van der Waals surface area contributed by atoms with Crippen molar-refractivity contribution in [3.63, 3.8) is 0 Å². The molecule has 1 atom stereocenters. The van der Waals surface area contributed by atoms with E-state index in [1.165, 1.54) is 24.1 Å². The van der Waals surface area contributed by atoms with Gasteiger partial charge < -0.3 is 20.1 Å². The van der Waals surface area contributed by atoms with E-state index in [-0.39, 0.29) is 29.0 Å². The third-order valence-electron chi connectivity index (χ3n) is 4.11. The Morgan fingerprint density at radius 3 is 2.58 bits per heavy atom. The van der Waals surface area contributed by atoms with Crippen LogP contribution in [-0.4, -0.2) is 35.0 Å². The van der Waals surface area contributed by atoms with E-state index in [2.05, 4.69) is 5.32 Å². The molecule has 0 aliphatic carbocycles. The van der Waals surface area contributed by atoms with Gasteiger partial charge in [0.05, 0.1) is 18.4 Å². The van der Waals surface area contributed by atoms with Crippen molar-refractivity contribution >= 4 is 17.5 Å². The van der Waals surface area contributed by atoms with Gasteiger partial charge in [-0.25, -0.2) is 0 Å². The van der Waals surface area contributed by atoms with Crippen molar-refractivity contribution in [3.05, 3.63) is 53.6 Å². The molecule has 1 aliphatic rings. The topological polar surface area (TPSA) is 78.9 Å². The van der Waals surface area contributed by atoms with E-state index in [4.69, 9.17) is 4.74 Å². The molecule has 6 nitrogen and oxygen atoms in total. The Balaban J connectivity index is 2.04. The number of carbonyl (C=O) groups is 2. The first kappa shape index (κ1) is 15.9. The number of hydrogen-bond acceptors (Lipinski definition) is 4. The second kappa shape index (κ2) is 6.23. The molecule has 0 bridgehead atoms. The summed E-state index contributed by atoms with van der Waals surface area (Å²) in [5.41, 5.74) is 1.50. The van der Waals surface area contributed by atoms with Crippen LogP contribution in [0.1, 0.15) is 22.8 Å². The van der Waals surface area contributed by atoms with Gasteiger partial charge in [-0.15, -0.1) is 0 Å². The number of carbonyl (C=O) groups excluding carboxylic acids is 2. The maximum Gasteiger partial charge on any atom is 0.257 e. The molecular weight excluding hydrogens is 308 g/mol. The van der Waals surface area contributed by atoms with Gasteiger partial charge in [-0.2, -0.15) is 0 Å². The van der Waals surface area contributed by atoms with Crippen LogP contribution in [0.3, 0.4) is 0 Å². The van der Waals surface area contributed by atoms with Crippen LogP contribution in [0, 0.1) is 0 Å². The number of benzene rings is 2. The lowest BCUT2D eigenvalue weighted by molar-refractivity contribution is -0.120. The minimum atomic E-state index is -0.641. The van der Waals surface area contributed by atoms with E-state index < -0.39 is 6.04 Å². The van der Waals surface area contributed by atoms with E-state index in [1.807, 2.05) is 30.3 Å². The van der Waals surface area contributed by atoms with E-state index >= 15 is 0 Å². The van der Waals surface area contributed by atoms with Crippen LogP contribution in [0.4, 0.5) is 5.69 Å². The summed E-state index contributed by atoms with van der Waals surface area (Å²) in [6.07, 6.45) is 0. The van der Waals surface area contributed by atoms with Gasteiger partial charge in [0.15, 0.2) is 11.5 Å². The van der Waals surface area contributed by atoms with Crippen molar-refractivity contribution < 1.29 is 19.4 Å². The number of hydrogen-bond donors (Lipinski definition) is 2. The van der Waals surface area contributed by atoms with Crippen LogP contribution < -0.4 is 10.1 Å². The van der Waals surface area contributed by atoms with Crippen LogP contribution in [0.5, 0.6) is 11.5 Å². The maximum atomic E-state index is 13.0. The van der Waals surface area contributed by atoms with Crippen molar-refractivity contribution in [2.75, 3.05) is 12.4 Å². The van der Waals surface area contributed by atoms with Crippen molar-refractivity contribution in [2.24, 2.45) is 0 Å². The highest BCUT2D eigenvalue weighted by Crippen LogP contribution is 2.35. The average molecular weight is 326 g/mol. The van der Waals surface area contributed by atoms with Gasteiger partial charge in [0.2, 0.25) is 5.91 Å². The summed E-state index contributed by atoms with van der Waals surface area (Å²) in [6.45, 7) is 2.00. The Morgan fingerprint density at radius 2 is 1.92 bits per heavy atom. The fourth-order valence-corrected chi connectivity index (χ4v) is 2.71. The molecule has 0 spiro atoms. The van der Waals surface area contributed by atoms with Gasteiger partial charge >= 0.3 is 0 Å². The molecule has 2 aromatic carbocycles. The van der Waals surface area contributed by atoms with Crippen molar-refractivity contribution in [1.29, 1.82) is 0 Å². The number of amides is 2. The Labute approximate surface area is 139 Å². The second-order valence-electron chi connectivity index (χ2n) is 5.65. The molecule has 6 heteroatoms. The third-order valence-corrected chi connectivity index (χ3v) is 4.11. The molecule has 0 unspecified atom stereocenters. The molecule has 2 amide bonds. The molecule has 0 radical (unpaired) electrons. The first-order valence-corrected chi connectivity index (χ1v) is 7.58. The van der Waals surface area contributed by atoms with Gasteiger partial charge in [0, 0.05) is 12.6 Å². The number of anilines is 1. The first-order valence-electron chi connectivity index (χ1n) is 7.58. The monoisotopic (exact) mass is 326 g/mol. The molecule has 124 valence electrons. The molecule has 3 rings (SSSR count). The molecule has 1 aliphatic heterocycles. The van der Waals surface area contributed by atoms with Gasteiger partial charge in [-0.3, -0.25) is 9.59 Å². The van der Waals surface area contributed by atoms with Crippen LogP contribution in [-0.2, 0) is 11.3 Å². The summed E-state index contributed by atoms with van der Waals surface area (Å²) in [6, 6.07) is 11.6. The number of rotatable bonds is 3. The van der Waals surface area contributed by atoms with Crippen molar-refractivity contribution in [1.82, 2.24) is 4.90 Å².